The monoisotopic (exact) mass is 778 g/mol. The van der Waals surface area contributed by atoms with Crippen LogP contribution in [0.1, 0.15) is 265 Å². The summed E-state index contributed by atoms with van der Waals surface area (Å²) < 4.78 is 5.91. The molecule has 0 aliphatic heterocycles. The summed E-state index contributed by atoms with van der Waals surface area (Å²) in [6, 6.07) is -0.694. The molecule has 1 amide bonds. The third-order valence-electron chi connectivity index (χ3n) is 11.3. The summed E-state index contributed by atoms with van der Waals surface area (Å²) in [6.45, 7) is 6.42. The fourth-order valence-corrected chi connectivity index (χ4v) is 7.61. The van der Waals surface area contributed by atoms with E-state index in [1.54, 1.807) is 0 Å². The van der Waals surface area contributed by atoms with E-state index in [-0.39, 0.29) is 24.9 Å². The minimum atomic E-state index is -0.781. The normalized spacial score (nSPS) is 13.3. The minimum Gasteiger partial charge on any atom is -0.462 e. The van der Waals surface area contributed by atoms with Crippen LogP contribution in [0.3, 0.4) is 0 Å². The second kappa shape index (κ2) is 43.7. The van der Waals surface area contributed by atoms with Crippen molar-refractivity contribution in [1.29, 1.82) is 0 Å². The maximum Gasteiger partial charge on any atom is 0.306 e. The average Bonchev–Trinajstić information content (AvgIpc) is 3.18. The van der Waals surface area contributed by atoms with Gasteiger partial charge in [0.05, 0.1) is 25.2 Å². The van der Waals surface area contributed by atoms with Crippen LogP contribution in [0, 0.1) is 0 Å². The second-order valence-corrected chi connectivity index (χ2v) is 16.9. The highest BCUT2D eigenvalue weighted by atomic mass is 16.5. The Hall–Kier alpha value is -1.40. The smallest absolute Gasteiger partial charge is 0.306 e. The Morgan fingerprint density at radius 1 is 0.509 bits per heavy atom. The molecule has 0 radical (unpaired) electrons. The molecule has 0 rings (SSSR count). The molecular weight excluding hydrogens is 683 g/mol. The molecule has 55 heavy (non-hydrogen) atoms. The van der Waals surface area contributed by atoms with Crippen LogP contribution in [0.5, 0.6) is 0 Å². The Kier molecular flexibility index (Phi) is 42.6. The lowest BCUT2D eigenvalue weighted by Crippen LogP contribution is -2.46. The Morgan fingerprint density at radius 3 is 1.36 bits per heavy atom. The first-order valence-corrected chi connectivity index (χ1v) is 24.4. The molecule has 6 heteroatoms. The molecule has 0 spiro atoms. The lowest BCUT2D eigenvalue weighted by molar-refractivity contribution is -0.151. The molecule has 0 aliphatic rings. The third kappa shape index (κ3) is 39.2. The number of amides is 1. The number of hydrogen-bond acceptors (Lipinski definition) is 5. The lowest BCUT2D eigenvalue weighted by Gasteiger charge is -2.24. The molecule has 0 aromatic heterocycles. The SMILES string of the molecule is CCC/C=C\CCCCCCCC(=O)OC(CCCCCCCCCCCCCCCCCC)CC(=O)NC(CO)C(O)CCCCCCCCCCCC. The number of aliphatic hydroxyl groups excluding tert-OH is 2. The number of nitrogens with one attached hydrogen (secondary N) is 1. The van der Waals surface area contributed by atoms with Crippen molar-refractivity contribution in [2.45, 2.75) is 283 Å². The van der Waals surface area contributed by atoms with Gasteiger partial charge in [-0.1, -0.05) is 219 Å². The highest BCUT2D eigenvalue weighted by Gasteiger charge is 2.24. The van der Waals surface area contributed by atoms with E-state index < -0.39 is 18.2 Å². The van der Waals surface area contributed by atoms with Crippen molar-refractivity contribution in [1.82, 2.24) is 5.32 Å². The van der Waals surface area contributed by atoms with Gasteiger partial charge in [-0.2, -0.15) is 0 Å². The van der Waals surface area contributed by atoms with E-state index in [1.807, 2.05) is 0 Å². The van der Waals surface area contributed by atoms with Gasteiger partial charge in [0.1, 0.15) is 6.10 Å². The van der Waals surface area contributed by atoms with Gasteiger partial charge in [0.15, 0.2) is 0 Å². The quantitative estimate of drug-likeness (QED) is 0.0325. The Labute approximate surface area is 342 Å². The van der Waals surface area contributed by atoms with Crippen LogP contribution in [-0.2, 0) is 14.3 Å². The van der Waals surface area contributed by atoms with E-state index in [1.165, 1.54) is 161 Å². The summed E-state index contributed by atoms with van der Waals surface area (Å²) in [5.41, 5.74) is 0. The van der Waals surface area contributed by atoms with Gasteiger partial charge in [-0.05, 0) is 44.9 Å². The van der Waals surface area contributed by atoms with E-state index in [0.717, 1.165) is 57.8 Å². The molecule has 0 saturated carbocycles. The fourth-order valence-electron chi connectivity index (χ4n) is 7.61. The number of allylic oxidation sites excluding steroid dienone is 2. The van der Waals surface area contributed by atoms with Gasteiger partial charge in [0.2, 0.25) is 5.91 Å². The Morgan fingerprint density at radius 2 is 0.909 bits per heavy atom. The van der Waals surface area contributed by atoms with Crippen LogP contribution in [0.4, 0.5) is 0 Å². The first kappa shape index (κ1) is 53.6. The molecular formula is C49H95NO5. The molecule has 0 saturated heterocycles. The van der Waals surface area contributed by atoms with Gasteiger partial charge in [0.25, 0.3) is 0 Å². The van der Waals surface area contributed by atoms with Gasteiger partial charge in [-0.25, -0.2) is 0 Å². The van der Waals surface area contributed by atoms with Crippen LogP contribution < -0.4 is 5.32 Å². The summed E-state index contributed by atoms with van der Waals surface area (Å²) in [6.07, 6.45) is 47.0. The third-order valence-corrected chi connectivity index (χ3v) is 11.3. The zero-order valence-electron chi connectivity index (χ0n) is 37.1. The van der Waals surface area contributed by atoms with Crippen LogP contribution in [0.2, 0.25) is 0 Å². The average molecular weight is 778 g/mol. The molecule has 3 unspecified atom stereocenters. The summed E-state index contributed by atoms with van der Waals surface area (Å²) >= 11 is 0. The van der Waals surface area contributed by atoms with Crippen LogP contribution in [0.15, 0.2) is 12.2 Å². The maximum atomic E-state index is 13.1. The number of aliphatic hydroxyl groups is 2. The van der Waals surface area contributed by atoms with Gasteiger partial charge < -0.3 is 20.3 Å². The van der Waals surface area contributed by atoms with Gasteiger partial charge in [-0.3, -0.25) is 9.59 Å². The molecule has 6 nitrogen and oxygen atoms in total. The summed E-state index contributed by atoms with van der Waals surface area (Å²) in [7, 11) is 0. The van der Waals surface area contributed by atoms with Crippen LogP contribution >= 0.6 is 0 Å². The van der Waals surface area contributed by atoms with Crippen molar-refractivity contribution in [3.63, 3.8) is 0 Å². The standard InChI is InChI=1S/C49H95NO5/c1-4-7-10-13-16-19-22-23-24-25-26-27-28-31-34-37-40-45(55-49(54)42-39-36-33-30-21-18-15-12-9-6-3)43-48(53)50-46(44-51)47(52)41-38-35-32-29-20-17-14-11-8-5-2/h12,15,45-47,51-52H,4-11,13-14,16-44H2,1-3H3,(H,50,53)/b15-12-. The molecule has 3 N–H and O–H groups in total. The first-order chi connectivity index (χ1) is 27.0. The number of esters is 1. The van der Waals surface area contributed by atoms with Crippen molar-refractivity contribution in [2.75, 3.05) is 6.61 Å². The summed E-state index contributed by atoms with van der Waals surface area (Å²) in [5, 5.41) is 23.6. The van der Waals surface area contributed by atoms with Crippen LogP contribution in [0.25, 0.3) is 0 Å². The van der Waals surface area contributed by atoms with Crippen molar-refractivity contribution in [3.05, 3.63) is 12.2 Å². The minimum absolute atomic E-state index is 0.0809. The number of carbonyl (C=O) groups is 2. The van der Waals surface area contributed by atoms with Crippen molar-refractivity contribution in [2.24, 2.45) is 0 Å². The van der Waals surface area contributed by atoms with Crippen molar-refractivity contribution >= 4 is 11.9 Å². The molecule has 326 valence electrons. The van der Waals surface area contributed by atoms with E-state index in [2.05, 4.69) is 38.2 Å². The van der Waals surface area contributed by atoms with E-state index in [4.69, 9.17) is 4.74 Å². The predicted octanol–water partition coefficient (Wildman–Crippen LogP) is 14.2. The van der Waals surface area contributed by atoms with Gasteiger partial charge >= 0.3 is 5.97 Å². The Balaban J connectivity index is 4.53. The molecule has 0 aromatic rings. The number of rotatable bonds is 44. The first-order valence-electron chi connectivity index (χ1n) is 24.4. The van der Waals surface area contributed by atoms with Crippen LogP contribution in [-0.4, -0.2) is 46.9 Å². The summed E-state index contributed by atoms with van der Waals surface area (Å²) in [5.74, 6) is -0.472. The van der Waals surface area contributed by atoms with Crippen molar-refractivity contribution < 1.29 is 24.5 Å². The highest BCUT2D eigenvalue weighted by molar-refractivity contribution is 5.77. The van der Waals surface area contributed by atoms with E-state index >= 15 is 0 Å². The number of unbranched alkanes of at least 4 members (excludes halogenated alkanes) is 30. The zero-order chi connectivity index (χ0) is 40.3. The number of carbonyl (C=O) groups excluding carboxylic acids is 2. The molecule has 0 fully saturated rings. The highest BCUT2D eigenvalue weighted by Crippen LogP contribution is 2.18. The van der Waals surface area contributed by atoms with E-state index in [9.17, 15) is 19.8 Å². The molecule has 0 aliphatic carbocycles. The second-order valence-electron chi connectivity index (χ2n) is 16.9. The zero-order valence-corrected chi connectivity index (χ0v) is 37.1. The topological polar surface area (TPSA) is 95.9 Å². The Bertz CT molecular complexity index is 832. The summed E-state index contributed by atoms with van der Waals surface area (Å²) in [4.78, 5) is 26.0. The predicted molar refractivity (Wildman–Crippen MR) is 237 cm³/mol. The van der Waals surface area contributed by atoms with Crippen molar-refractivity contribution in [3.8, 4) is 0 Å². The molecule has 3 atom stereocenters. The maximum absolute atomic E-state index is 13.1. The van der Waals surface area contributed by atoms with E-state index in [0.29, 0.717) is 19.3 Å². The molecule has 0 heterocycles. The lowest BCUT2D eigenvalue weighted by atomic mass is 10.0. The number of hydrogen-bond donors (Lipinski definition) is 3. The fraction of sp³-hybridized carbons (Fsp3) is 0.918. The van der Waals surface area contributed by atoms with Gasteiger partial charge in [-0.15, -0.1) is 0 Å². The molecule has 0 aromatic carbocycles. The molecule has 0 bridgehead atoms. The van der Waals surface area contributed by atoms with Gasteiger partial charge in [0, 0.05) is 6.42 Å². The number of ether oxygens (including phenoxy) is 1. The largest absolute Gasteiger partial charge is 0.462 e.